The first-order chi connectivity index (χ1) is 28.8. The third-order valence-corrected chi connectivity index (χ3v) is 12.6. The molecule has 4 heteroatoms. The van der Waals surface area contributed by atoms with Gasteiger partial charge < -0.3 is 13.9 Å². The highest BCUT2D eigenvalue weighted by Gasteiger charge is 2.43. The number of rotatable bonds is 4. The Balaban J connectivity index is 1.19. The van der Waals surface area contributed by atoms with E-state index in [0.717, 1.165) is 27.6 Å². The van der Waals surface area contributed by atoms with Crippen LogP contribution in [0.5, 0.6) is 0 Å². The first-order valence-corrected chi connectivity index (χ1v) is 20.0. The van der Waals surface area contributed by atoms with Gasteiger partial charge in [-0.25, -0.2) is 0 Å². The molecule has 0 amide bonds. The Kier molecular flexibility index (Phi) is 6.53. The Morgan fingerprint density at radius 1 is 0.362 bits per heavy atom. The van der Waals surface area contributed by atoms with Crippen LogP contribution in [0.4, 0.5) is 17.1 Å². The number of nitrogens with zero attached hydrogens (tertiary/aromatic N) is 2. The summed E-state index contributed by atoms with van der Waals surface area (Å²) < 4.78 is 9.36. The Morgan fingerprint density at radius 3 is 1.83 bits per heavy atom. The van der Waals surface area contributed by atoms with E-state index in [1.54, 1.807) is 0 Å². The summed E-state index contributed by atoms with van der Waals surface area (Å²) in [7, 11) is 0. The highest BCUT2D eigenvalue weighted by molar-refractivity contribution is 7.00. The second-order valence-corrected chi connectivity index (χ2v) is 15.6. The van der Waals surface area contributed by atoms with Crippen molar-refractivity contribution in [2.24, 2.45) is 0 Å². The Bertz CT molecular complexity index is 3460. The highest BCUT2D eigenvalue weighted by atomic mass is 16.3. The van der Waals surface area contributed by atoms with Gasteiger partial charge >= 0.3 is 0 Å². The molecule has 2 aromatic heterocycles. The number of hydrogen-bond donors (Lipinski definition) is 0. The van der Waals surface area contributed by atoms with Gasteiger partial charge in [0.2, 0.25) is 0 Å². The molecule has 0 saturated heterocycles. The van der Waals surface area contributed by atoms with E-state index >= 15 is 0 Å². The third-order valence-electron chi connectivity index (χ3n) is 12.6. The molecule has 0 aliphatic carbocycles. The van der Waals surface area contributed by atoms with Crippen LogP contribution in [0.1, 0.15) is 0 Å². The van der Waals surface area contributed by atoms with E-state index in [1.807, 2.05) is 0 Å². The van der Waals surface area contributed by atoms with Crippen LogP contribution in [0.3, 0.4) is 0 Å². The minimum atomic E-state index is -0.0250. The smallest absolute Gasteiger partial charge is 0.252 e. The van der Waals surface area contributed by atoms with Gasteiger partial charge in [-0.2, -0.15) is 0 Å². The largest absolute Gasteiger partial charge is 0.456 e. The molecule has 0 bridgehead atoms. The van der Waals surface area contributed by atoms with E-state index in [2.05, 4.69) is 210 Å². The van der Waals surface area contributed by atoms with Gasteiger partial charge in [0.25, 0.3) is 6.71 Å². The molecule has 0 saturated carbocycles. The lowest BCUT2D eigenvalue weighted by Crippen LogP contribution is -2.60. The molecule has 0 N–H and O–H groups in total. The number of furan rings is 1. The summed E-state index contributed by atoms with van der Waals surface area (Å²) >= 11 is 0. The quantitative estimate of drug-likeness (QED) is 0.168. The molecule has 11 aromatic rings. The van der Waals surface area contributed by atoms with E-state index in [-0.39, 0.29) is 6.71 Å². The van der Waals surface area contributed by atoms with Gasteiger partial charge in [-0.3, -0.25) is 0 Å². The minimum absolute atomic E-state index is 0.0250. The van der Waals surface area contributed by atoms with Gasteiger partial charge in [0.1, 0.15) is 11.2 Å². The van der Waals surface area contributed by atoms with Crippen LogP contribution >= 0.6 is 0 Å². The topological polar surface area (TPSA) is 21.3 Å². The molecule has 0 atom stereocenters. The predicted molar refractivity (Wildman–Crippen MR) is 244 cm³/mol. The van der Waals surface area contributed by atoms with E-state index in [0.29, 0.717) is 0 Å². The normalized spacial score (nSPS) is 12.8. The van der Waals surface area contributed by atoms with Crippen molar-refractivity contribution >= 4 is 83.9 Å². The van der Waals surface area contributed by atoms with Crippen LogP contribution in [0.15, 0.2) is 205 Å². The van der Waals surface area contributed by atoms with Crippen molar-refractivity contribution in [2.45, 2.75) is 0 Å². The van der Waals surface area contributed by atoms with E-state index in [1.165, 1.54) is 88.6 Å². The third kappa shape index (κ3) is 4.40. The van der Waals surface area contributed by atoms with Crippen molar-refractivity contribution in [2.75, 3.05) is 4.90 Å². The standard InChI is InChI=1S/C54H33BN2O/c1-4-15-34(16-5-1)37-27-28-51-42(29-37)43-32-48-45(33-52(43)58-51)55-44-24-14-23-41-40-22-11-13-26-47(40)57(54(41)44)50-31-38(35-17-6-2-7-18-35)30-49(53(50)55)56(48)46-25-12-10-21-39(46)36-19-8-3-9-20-36/h1-33H. The maximum atomic E-state index is 6.82. The van der Waals surface area contributed by atoms with Crippen molar-refractivity contribution in [3.05, 3.63) is 200 Å². The first-order valence-electron chi connectivity index (χ1n) is 20.0. The molecule has 0 radical (unpaired) electrons. The molecule has 0 spiro atoms. The summed E-state index contributed by atoms with van der Waals surface area (Å²) in [6.07, 6.45) is 0. The molecule has 268 valence electrons. The number of benzene rings is 9. The number of aromatic nitrogens is 1. The zero-order valence-electron chi connectivity index (χ0n) is 31.4. The zero-order chi connectivity index (χ0) is 37.9. The maximum Gasteiger partial charge on any atom is 0.252 e. The lowest BCUT2D eigenvalue weighted by atomic mass is 9.33. The number of anilines is 3. The monoisotopic (exact) mass is 736 g/mol. The predicted octanol–water partition coefficient (Wildman–Crippen LogP) is 12.3. The van der Waals surface area contributed by atoms with Crippen molar-refractivity contribution in [3.63, 3.8) is 0 Å². The van der Waals surface area contributed by atoms with Crippen molar-refractivity contribution in [3.8, 4) is 39.1 Å². The lowest BCUT2D eigenvalue weighted by Gasteiger charge is -2.41. The minimum Gasteiger partial charge on any atom is -0.456 e. The molecule has 3 nitrogen and oxygen atoms in total. The Labute approximate surface area is 335 Å². The van der Waals surface area contributed by atoms with Crippen LogP contribution in [-0.2, 0) is 0 Å². The van der Waals surface area contributed by atoms with Gasteiger partial charge in [-0.1, -0.05) is 152 Å². The molecular weight excluding hydrogens is 703 g/mol. The lowest BCUT2D eigenvalue weighted by molar-refractivity contribution is 0.669. The number of fused-ring (bicyclic) bond motifs is 10. The summed E-state index contributed by atoms with van der Waals surface area (Å²) in [6, 6.07) is 73.2. The van der Waals surface area contributed by atoms with Gasteiger partial charge in [-0.05, 0) is 92.7 Å². The van der Waals surface area contributed by atoms with Crippen molar-refractivity contribution < 1.29 is 4.42 Å². The highest BCUT2D eigenvalue weighted by Crippen LogP contribution is 2.47. The molecule has 2 aliphatic heterocycles. The maximum absolute atomic E-state index is 6.82. The van der Waals surface area contributed by atoms with Gasteiger partial charge in [0, 0.05) is 49.7 Å². The van der Waals surface area contributed by atoms with Crippen LogP contribution in [-0.4, -0.2) is 11.3 Å². The SMILES string of the molecule is c1ccc(-c2cc3c4c(c2)-n2c5ccccc5c5cccc(c52)B4c2cc4oc5ccc(-c6ccccc6)cc5c4cc2N3c2ccccc2-c2ccccc2)cc1. The Hall–Kier alpha value is -7.56. The zero-order valence-corrected chi connectivity index (χ0v) is 31.4. The molecule has 0 fully saturated rings. The van der Waals surface area contributed by atoms with Gasteiger partial charge in [-0.15, -0.1) is 0 Å². The van der Waals surface area contributed by atoms with Crippen LogP contribution < -0.4 is 21.3 Å². The van der Waals surface area contributed by atoms with Crippen LogP contribution in [0, 0.1) is 0 Å². The fourth-order valence-corrected chi connectivity index (χ4v) is 10.1. The summed E-state index contributed by atoms with van der Waals surface area (Å²) in [5.41, 5.74) is 20.0. The number of para-hydroxylation sites is 3. The molecule has 13 rings (SSSR count). The average molecular weight is 737 g/mol. The Morgan fingerprint density at radius 2 is 1.02 bits per heavy atom. The van der Waals surface area contributed by atoms with E-state index < -0.39 is 0 Å². The van der Waals surface area contributed by atoms with Crippen molar-refractivity contribution in [1.82, 2.24) is 4.57 Å². The second kappa shape index (κ2) is 12.0. The molecule has 2 aliphatic rings. The summed E-state index contributed by atoms with van der Waals surface area (Å²) in [5, 5.41) is 4.78. The fraction of sp³-hybridized carbons (Fsp3) is 0. The summed E-state index contributed by atoms with van der Waals surface area (Å²) in [4.78, 5) is 2.55. The van der Waals surface area contributed by atoms with Crippen LogP contribution in [0.2, 0.25) is 0 Å². The van der Waals surface area contributed by atoms with E-state index in [4.69, 9.17) is 4.42 Å². The first kappa shape index (κ1) is 31.6. The summed E-state index contributed by atoms with van der Waals surface area (Å²) in [6.45, 7) is -0.0250. The van der Waals surface area contributed by atoms with E-state index in [9.17, 15) is 0 Å². The molecular formula is C54H33BN2O. The average Bonchev–Trinajstić information content (AvgIpc) is 3.83. The second-order valence-electron chi connectivity index (χ2n) is 15.6. The number of hydrogen-bond acceptors (Lipinski definition) is 2. The van der Waals surface area contributed by atoms with Gasteiger partial charge in [0.05, 0.1) is 11.2 Å². The molecule has 0 unspecified atom stereocenters. The van der Waals surface area contributed by atoms with Gasteiger partial charge in [0.15, 0.2) is 0 Å². The van der Waals surface area contributed by atoms with Crippen LogP contribution in [0.25, 0.3) is 82.8 Å². The fourth-order valence-electron chi connectivity index (χ4n) is 10.1. The summed E-state index contributed by atoms with van der Waals surface area (Å²) in [5.74, 6) is 0. The molecule has 4 heterocycles. The van der Waals surface area contributed by atoms with Crippen molar-refractivity contribution in [1.29, 1.82) is 0 Å². The molecule has 9 aromatic carbocycles. The molecule has 58 heavy (non-hydrogen) atoms.